The Bertz CT molecular complexity index is 688. The summed E-state index contributed by atoms with van der Waals surface area (Å²) in [6.45, 7) is 0. The monoisotopic (exact) mass is 272 g/mol. The minimum absolute atomic E-state index is 0.132. The number of hydrogen-bond acceptors (Lipinski definition) is 5. The summed E-state index contributed by atoms with van der Waals surface area (Å²) in [5.74, 6) is -1.32. The highest BCUT2D eigenvalue weighted by Gasteiger charge is 1.89. The molecule has 0 N–H and O–H groups in total. The SMILES string of the molecule is O=C([O-])c1cscc2ccccc2cocccn1. The molecule has 19 heavy (non-hydrogen) atoms. The first-order valence-electron chi connectivity index (χ1n) is 5.44. The molecule has 1 aromatic heterocycles. The van der Waals surface area contributed by atoms with Crippen molar-refractivity contribution in [1.29, 1.82) is 0 Å². The third-order valence-electron chi connectivity index (χ3n) is 2.23. The molecule has 0 atom stereocenters. The van der Waals surface area contributed by atoms with Crippen LogP contribution in [0.3, 0.4) is 0 Å². The number of aromatic carboxylic acids is 1. The van der Waals surface area contributed by atoms with Crippen molar-refractivity contribution < 1.29 is 14.3 Å². The largest absolute Gasteiger partial charge is 0.543 e. The molecule has 1 heterocycles. The summed E-state index contributed by atoms with van der Waals surface area (Å²) in [6.07, 6.45) is 4.37. The van der Waals surface area contributed by atoms with Gasteiger partial charge in [0.25, 0.3) is 0 Å². The highest BCUT2D eigenvalue weighted by atomic mass is 32.1. The molecule has 0 aliphatic rings. The fourth-order valence-corrected chi connectivity index (χ4v) is 2.06. The van der Waals surface area contributed by atoms with Crippen molar-refractivity contribution >= 4 is 28.1 Å². The van der Waals surface area contributed by atoms with Gasteiger partial charge in [-0.1, -0.05) is 24.3 Å². The Hall–Kier alpha value is -2.40. The number of carbonyl (C=O) groups excluding carboxylic acids is 1. The van der Waals surface area contributed by atoms with Crippen LogP contribution in [-0.4, -0.2) is 11.0 Å². The van der Waals surface area contributed by atoms with E-state index in [1.54, 1.807) is 6.26 Å². The summed E-state index contributed by atoms with van der Waals surface area (Å²) in [7, 11) is 0. The Morgan fingerprint density at radius 2 is 1.95 bits per heavy atom. The highest BCUT2D eigenvalue weighted by Crippen LogP contribution is 2.11. The number of benzene rings is 1. The number of nitrogens with zero attached hydrogens (tertiary/aromatic N) is 1. The molecule has 4 nitrogen and oxygen atoms in total. The minimum Gasteiger partial charge on any atom is -0.543 e. The van der Waals surface area contributed by atoms with Crippen LogP contribution in [0.1, 0.15) is 10.5 Å². The minimum atomic E-state index is -1.32. The zero-order chi connectivity index (χ0) is 13.5. The maximum absolute atomic E-state index is 10.8. The van der Waals surface area contributed by atoms with Crippen LogP contribution in [0.4, 0.5) is 0 Å². The number of carboxylic acids is 1. The Morgan fingerprint density at radius 1 is 1.16 bits per heavy atom. The van der Waals surface area contributed by atoms with Crippen LogP contribution < -0.4 is 5.11 Å². The van der Waals surface area contributed by atoms with E-state index in [1.165, 1.54) is 35.2 Å². The Morgan fingerprint density at radius 3 is 2.74 bits per heavy atom. The molecule has 0 saturated heterocycles. The molecule has 96 valence electrons. The zero-order valence-electron chi connectivity index (χ0n) is 9.85. The molecule has 0 radical (unpaired) electrons. The van der Waals surface area contributed by atoms with Crippen LogP contribution in [0.25, 0.3) is 10.8 Å². The van der Waals surface area contributed by atoms with Gasteiger partial charge in [-0.05, 0) is 16.8 Å². The molecule has 5 heteroatoms. The predicted molar refractivity (Wildman–Crippen MR) is 71.5 cm³/mol. The second-order valence-corrected chi connectivity index (χ2v) is 4.28. The smallest absolute Gasteiger partial charge is 0.0980 e. The number of carbonyl (C=O) groups is 1. The van der Waals surface area contributed by atoms with E-state index in [9.17, 15) is 9.90 Å². The van der Waals surface area contributed by atoms with E-state index in [-0.39, 0.29) is 5.69 Å². The topological polar surface area (TPSA) is 66.2 Å². The second kappa shape index (κ2) is 6.51. The fraction of sp³-hybridized carbons (Fsp3) is 0. The standard InChI is InChI=1S/C14H11NO3S/c16-14(17)13-10-19-9-12-5-2-1-4-11(12)8-18-7-3-6-15-13/h1-10H,(H,16,17)/p-1. The van der Waals surface area contributed by atoms with Crippen molar-refractivity contribution in [2.24, 2.45) is 0 Å². The van der Waals surface area contributed by atoms with E-state index in [0.29, 0.717) is 0 Å². The summed E-state index contributed by atoms with van der Waals surface area (Å²) >= 11 is 1.23. The van der Waals surface area contributed by atoms with Gasteiger partial charge in [-0.2, -0.15) is 0 Å². The van der Waals surface area contributed by atoms with E-state index in [1.807, 2.05) is 29.6 Å². The predicted octanol–water partition coefficient (Wildman–Crippen LogP) is 2.50. The number of carboxylic acid groups (broad SMARTS) is 1. The molecule has 0 amide bonds. The van der Waals surface area contributed by atoms with E-state index >= 15 is 0 Å². The van der Waals surface area contributed by atoms with E-state index in [0.717, 1.165) is 10.8 Å². The van der Waals surface area contributed by atoms with Gasteiger partial charge in [-0.3, -0.25) is 4.98 Å². The summed E-state index contributed by atoms with van der Waals surface area (Å²) in [4.78, 5) is 14.6. The number of rotatable bonds is 1. The molecule has 0 unspecified atom stereocenters. The van der Waals surface area contributed by atoms with Crippen LogP contribution >= 0.6 is 11.3 Å². The molecule has 1 aromatic carbocycles. The van der Waals surface area contributed by atoms with Gasteiger partial charge < -0.3 is 14.3 Å². The molecule has 2 aromatic rings. The molecule has 0 saturated carbocycles. The van der Waals surface area contributed by atoms with Crippen molar-refractivity contribution in [2.45, 2.75) is 0 Å². The van der Waals surface area contributed by atoms with Gasteiger partial charge >= 0.3 is 0 Å². The molecule has 2 rings (SSSR count). The van der Waals surface area contributed by atoms with Gasteiger partial charge in [0.15, 0.2) is 0 Å². The molecule has 0 spiro atoms. The van der Waals surface area contributed by atoms with Crippen LogP contribution in [0.5, 0.6) is 0 Å². The quantitative estimate of drug-likeness (QED) is 0.800. The fourth-order valence-electron chi connectivity index (χ4n) is 1.34. The van der Waals surface area contributed by atoms with E-state index in [4.69, 9.17) is 4.42 Å². The first-order valence-corrected chi connectivity index (χ1v) is 6.39. The Labute approximate surface area is 113 Å². The number of fused-ring (bicyclic) bond motifs is 1. The van der Waals surface area contributed by atoms with Crippen molar-refractivity contribution in [3.8, 4) is 0 Å². The molecule has 0 aliphatic carbocycles. The first kappa shape index (κ1) is 13.0. The summed E-state index contributed by atoms with van der Waals surface area (Å²) < 4.78 is 5.22. The van der Waals surface area contributed by atoms with Crippen LogP contribution in [0.15, 0.2) is 64.2 Å². The molecule has 0 fully saturated rings. The van der Waals surface area contributed by atoms with Crippen LogP contribution in [-0.2, 0) is 0 Å². The normalized spacial score (nSPS) is 9.47. The maximum atomic E-state index is 10.8. The summed E-state index contributed by atoms with van der Waals surface area (Å²) in [6, 6.07) is 9.12. The van der Waals surface area contributed by atoms with Gasteiger partial charge in [0.2, 0.25) is 0 Å². The lowest BCUT2D eigenvalue weighted by Gasteiger charge is -1.95. The van der Waals surface area contributed by atoms with Crippen LogP contribution in [0.2, 0.25) is 0 Å². The van der Waals surface area contributed by atoms with Crippen molar-refractivity contribution in [2.75, 3.05) is 0 Å². The van der Waals surface area contributed by atoms with E-state index in [2.05, 4.69) is 4.98 Å². The Balaban J connectivity index is 2.71. The molecular formula is C14H10NO3S-. The summed E-state index contributed by atoms with van der Waals surface area (Å²) in [5, 5.41) is 15.9. The van der Waals surface area contributed by atoms with Gasteiger partial charge in [-0.25, -0.2) is 0 Å². The van der Waals surface area contributed by atoms with Gasteiger partial charge in [0, 0.05) is 17.0 Å². The van der Waals surface area contributed by atoms with Crippen molar-refractivity contribution in [3.63, 3.8) is 0 Å². The highest BCUT2D eigenvalue weighted by molar-refractivity contribution is 7.08. The zero-order valence-corrected chi connectivity index (χ0v) is 10.7. The maximum Gasteiger partial charge on any atom is 0.0980 e. The van der Waals surface area contributed by atoms with Gasteiger partial charge in [0.05, 0.1) is 24.2 Å². The molecule has 0 aliphatic heterocycles. The lowest BCUT2D eigenvalue weighted by Crippen LogP contribution is -2.22. The molecule has 0 bridgehead atoms. The average Bonchev–Trinajstić information content (AvgIpc) is 2.39. The third kappa shape index (κ3) is 3.79. The lowest BCUT2D eigenvalue weighted by molar-refractivity contribution is -0.255. The van der Waals surface area contributed by atoms with Crippen molar-refractivity contribution in [1.82, 2.24) is 4.98 Å². The lowest BCUT2D eigenvalue weighted by atomic mass is 10.2. The van der Waals surface area contributed by atoms with Gasteiger partial charge in [0.1, 0.15) is 0 Å². The van der Waals surface area contributed by atoms with E-state index < -0.39 is 5.97 Å². The number of hydrogen-bond donors (Lipinski definition) is 0. The van der Waals surface area contributed by atoms with Crippen LogP contribution in [0, 0.1) is 0 Å². The first-order chi connectivity index (χ1) is 9.27. The molecular weight excluding hydrogens is 262 g/mol. The second-order valence-electron chi connectivity index (χ2n) is 3.53. The third-order valence-corrected chi connectivity index (χ3v) is 2.98. The summed E-state index contributed by atoms with van der Waals surface area (Å²) in [5.41, 5.74) is -0.132. The van der Waals surface area contributed by atoms with Gasteiger partial charge in [-0.15, -0.1) is 11.3 Å². The average molecular weight is 272 g/mol. The Kier molecular flexibility index (Phi) is 4.47. The van der Waals surface area contributed by atoms with Crippen molar-refractivity contribution in [3.05, 3.63) is 65.5 Å². The number of aromatic nitrogens is 1.